The van der Waals surface area contributed by atoms with Crippen molar-refractivity contribution < 1.29 is 28.3 Å². The van der Waals surface area contributed by atoms with E-state index in [2.05, 4.69) is 10.4 Å². The van der Waals surface area contributed by atoms with E-state index in [4.69, 9.17) is 0 Å². The fourth-order valence-electron chi connectivity index (χ4n) is 2.56. The van der Waals surface area contributed by atoms with Gasteiger partial charge in [0.2, 0.25) is 11.6 Å². The van der Waals surface area contributed by atoms with Crippen molar-refractivity contribution in [3.05, 3.63) is 59.4 Å². The van der Waals surface area contributed by atoms with E-state index in [1.165, 1.54) is 6.92 Å². The van der Waals surface area contributed by atoms with E-state index in [0.29, 0.717) is 4.68 Å². The predicted molar refractivity (Wildman–Crippen MR) is 91.7 cm³/mol. The molecule has 2 aromatic rings. The zero-order valence-electron chi connectivity index (χ0n) is 14.8. The van der Waals surface area contributed by atoms with Crippen molar-refractivity contribution in [3.63, 3.8) is 0 Å². The van der Waals surface area contributed by atoms with Gasteiger partial charge in [0.25, 0.3) is 17.8 Å². The van der Waals surface area contributed by atoms with Crippen LogP contribution in [0, 0.1) is 44.2 Å². The lowest BCUT2D eigenvalue weighted by Gasteiger charge is -2.08. The largest absolute Gasteiger partial charge is 0.324 e. The second-order valence-corrected chi connectivity index (χ2v) is 5.74. The van der Waals surface area contributed by atoms with Crippen LogP contribution in [0.25, 0.3) is 0 Å². The smallest absolute Gasteiger partial charge is 0.319 e. The zero-order valence-corrected chi connectivity index (χ0v) is 14.8. The van der Waals surface area contributed by atoms with Gasteiger partial charge in [0.1, 0.15) is 17.8 Å². The molecule has 0 saturated carbocycles. The predicted octanol–water partition coefficient (Wildman–Crippen LogP) is 2.80. The SMILES string of the molecule is Cc1c([N+](=O)[O-])cc(NC(=O)Cn2nc(C(F)F)c([N+](=O)[O-])c2C)cc1[N+](=O)[O-]. The van der Waals surface area contributed by atoms with Crippen molar-refractivity contribution in [2.45, 2.75) is 26.8 Å². The Morgan fingerprint density at radius 3 is 2.00 bits per heavy atom. The topological polar surface area (TPSA) is 176 Å². The molecular formula is C14H12F2N6O7. The average Bonchev–Trinajstić information content (AvgIpc) is 2.92. The zero-order chi connectivity index (χ0) is 22.0. The maximum absolute atomic E-state index is 12.9. The van der Waals surface area contributed by atoms with E-state index in [-0.39, 0.29) is 16.9 Å². The Morgan fingerprint density at radius 1 is 1.10 bits per heavy atom. The molecule has 1 aromatic heterocycles. The second-order valence-electron chi connectivity index (χ2n) is 5.74. The minimum absolute atomic E-state index is 0.224. The van der Waals surface area contributed by atoms with Crippen molar-refractivity contribution in [2.75, 3.05) is 5.32 Å². The normalized spacial score (nSPS) is 10.8. The van der Waals surface area contributed by atoms with Crippen LogP contribution in [-0.2, 0) is 11.3 Å². The molecule has 29 heavy (non-hydrogen) atoms. The van der Waals surface area contributed by atoms with Crippen LogP contribution >= 0.6 is 0 Å². The van der Waals surface area contributed by atoms with Crippen molar-refractivity contribution >= 4 is 28.7 Å². The van der Waals surface area contributed by atoms with E-state index in [9.17, 15) is 43.9 Å². The summed E-state index contributed by atoms with van der Waals surface area (Å²) in [6, 6.07) is 1.78. The van der Waals surface area contributed by atoms with Crippen LogP contribution in [0.3, 0.4) is 0 Å². The average molecular weight is 414 g/mol. The van der Waals surface area contributed by atoms with Crippen LogP contribution in [0.2, 0.25) is 0 Å². The second kappa shape index (κ2) is 7.91. The minimum Gasteiger partial charge on any atom is -0.324 e. The first kappa shape index (κ1) is 21.3. The van der Waals surface area contributed by atoms with Crippen LogP contribution in [0.4, 0.5) is 31.5 Å². The molecule has 0 bridgehead atoms. The maximum Gasteiger partial charge on any atom is 0.319 e. The van der Waals surface area contributed by atoms with E-state index in [1.807, 2.05) is 0 Å². The fraction of sp³-hybridized carbons (Fsp3) is 0.286. The highest BCUT2D eigenvalue weighted by molar-refractivity contribution is 5.91. The molecule has 1 amide bonds. The van der Waals surface area contributed by atoms with Gasteiger partial charge in [-0.1, -0.05) is 0 Å². The number of anilines is 1. The molecule has 0 unspecified atom stereocenters. The van der Waals surface area contributed by atoms with E-state index in [0.717, 1.165) is 19.1 Å². The molecule has 154 valence electrons. The number of carbonyl (C=O) groups excluding carboxylic acids is 1. The first-order valence-electron chi connectivity index (χ1n) is 7.67. The molecule has 1 heterocycles. The number of rotatable bonds is 7. The van der Waals surface area contributed by atoms with Crippen molar-refractivity contribution in [1.82, 2.24) is 9.78 Å². The number of nitro groups is 3. The van der Waals surface area contributed by atoms with Gasteiger partial charge in [0.15, 0.2) is 0 Å². The Morgan fingerprint density at radius 2 is 1.62 bits per heavy atom. The van der Waals surface area contributed by atoms with Crippen molar-refractivity contribution in [1.29, 1.82) is 0 Å². The fourth-order valence-corrected chi connectivity index (χ4v) is 2.56. The number of hydrogen-bond acceptors (Lipinski definition) is 8. The van der Waals surface area contributed by atoms with Crippen molar-refractivity contribution in [2.24, 2.45) is 0 Å². The number of carbonyl (C=O) groups is 1. The highest BCUT2D eigenvalue weighted by atomic mass is 19.3. The van der Waals surface area contributed by atoms with Gasteiger partial charge >= 0.3 is 5.69 Å². The lowest BCUT2D eigenvalue weighted by atomic mass is 10.1. The monoisotopic (exact) mass is 414 g/mol. The molecule has 15 heteroatoms. The van der Waals surface area contributed by atoms with Gasteiger partial charge in [-0.25, -0.2) is 8.78 Å². The summed E-state index contributed by atoms with van der Waals surface area (Å²) in [4.78, 5) is 42.5. The Bertz CT molecular complexity index is 1000. The molecule has 2 rings (SSSR count). The van der Waals surface area contributed by atoms with Crippen molar-refractivity contribution in [3.8, 4) is 0 Å². The number of alkyl halides is 2. The summed E-state index contributed by atoms with van der Waals surface area (Å²) in [5.41, 5.74) is -4.08. The number of aromatic nitrogens is 2. The molecule has 0 saturated heterocycles. The molecule has 1 N–H and O–H groups in total. The third kappa shape index (κ3) is 4.28. The molecule has 0 atom stereocenters. The van der Waals surface area contributed by atoms with Gasteiger partial charge in [-0.2, -0.15) is 5.10 Å². The molecule has 0 aliphatic rings. The molecule has 0 spiro atoms. The van der Waals surface area contributed by atoms with Crippen LogP contribution in [-0.4, -0.2) is 30.5 Å². The molecule has 0 aliphatic carbocycles. The molecular weight excluding hydrogens is 402 g/mol. The first-order chi connectivity index (χ1) is 13.4. The molecule has 13 nitrogen and oxygen atoms in total. The van der Waals surface area contributed by atoms with Crippen LogP contribution in [0.15, 0.2) is 12.1 Å². The van der Waals surface area contributed by atoms with E-state index in [1.54, 1.807) is 0 Å². The van der Waals surface area contributed by atoms with Crippen LogP contribution in [0.5, 0.6) is 0 Å². The highest BCUT2D eigenvalue weighted by Gasteiger charge is 2.31. The minimum atomic E-state index is -3.25. The van der Waals surface area contributed by atoms with Gasteiger partial charge in [-0.3, -0.25) is 39.8 Å². The van der Waals surface area contributed by atoms with Gasteiger partial charge in [-0.05, 0) is 13.8 Å². The third-order valence-electron chi connectivity index (χ3n) is 3.91. The summed E-state index contributed by atoms with van der Waals surface area (Å²) in [7, 11) is 0. The number of amides is 1. The quantitative estimate of drug-likeness (QED) is 0.531. The van der Waals surface area contributed by atoms with Gasteiger partial charge < -0.3 is 5.32 Å². The molecule has 0 fully saturated rings. The Balaban J connectivity index is 2.35. The van der Waals surface area contributed by atoms with E-state index < -0.39 is 56.4 Å². The number of halogens is 2. The van der Waals surface area contributed by atoms with Gasteiger partial charge in [0, 0.05) is 12.1 Å². The lowest BCUT2D eigenvalue weighted by Crippen LogP contribution is -2.20. The number of hydrogen-bond donors (Lipinski definition) is 1. The standard InChI is InChI=1S/C14H12F2N6O7/c1-6-9(20(24)25)3-8(4-10(6)21(26)27)17-11(23)5-19-7(2)13(22(28)29)12(18-19)14(15)16/h3-4,14H,5H2,1-2H3,(H,17,23). The summed E-state index contributed by atoms with van der Waals surface area (Å²) >= 11 is 0. The summed E-state index contributed by atoms with van der Waals surface area (Å²) in [5.74, 6) is -0.946. The molecule has 0 radical (unpaired) electrons. The highest BCUT2D eigenvalue weighted by Crippen LogP contribution is 2.32. The molecule has 1 aromatic carbocycles. The number of nitro benzene ring substituents is 2. The number of nitrogens with zero attached hydrogens (tertiary/aromatic N) is 5. The summed E-state index contributed by atoms with van der Waals surface area (Å²) in [5, 5.41) is 38.6. The van der Waals surface area contributed by atoms with Crippen LogP contribution < -0.4 is 5.32 Å². The first-order valence-corrected chi connectivity index (χ1v) is 7.67. The lowest BCUT2D eigenvalue weighted by molar-refractivity contribution is -0.395. The Labute approximate surface area is 159 Å². The van der Waals surface area contributed by atoms with Crippen LogP contribution in [0.1, 0.15) is 23.4 Å². The Kier molecular flexibility index (Phi) is 5.80. The third-order valence-corrected chi connectivity index (χ3v) is 3.91. The summed E-state index contributed by atoms with van der Waals surface area (Å²) in [6.07, 6.45) is -3.25. The summed E-state index contributed by atoms with van der Waals surface area (Å²) < 4.78 is 26.5. The molecule has 0 aliphatic heterocycles. The summed E-state index contributed by atoms with van der Waals surface area (Å²) in [6.45, 7) is 1.54. The van der Waals surface area contributed by atoms with Gasteiger partial charge in [-0.15, -0.1) is 0 Å². The number of nitrogens with one attached hydrogen (secondary N) is 1. The maximum atomic E-state index is 12.9. The Hall–Kier alpha value is -4.04. The van der Waals surface area contributed by atoms with Gasteiger partial charge in [0.05, 0.1) is 20.5 Å². The van der Waals surface area contributed by atoms with E-state index >= 15 is 0 Å². The number of benzene rings is 1.